The Morgan fingerprint density at radius 1 is 1.30 bits per heavy atom. The molecule has 0 spiro atoms. The normalized spacial score (nSPS) is 21.2. The predicted molar refractivity (Wildman–Crippen MR) is 89.1 cm³/mol. The van der Waals surface area contributed by atoms with Crippen LogP contribution >= 0.6 is 11.6 Å². The zero-order valence-electron chi connectivity index (χ0n) is 13.4. The highest BCUT2D eigenvalue weighted by Crippen LogP contribution is 2.21. The van der Waals surface area contributed by atoms with Crippen LogP contribution in [0.25, 0.3) is 0 Å². The summed E-state index contributed by atoms with van der Waals surface area (Å²) in [5, 5.41) is 3.68. The molecule has 0 N–H and O–H groups in total. The Kier molecular flexibility index (Phi) is 5.54. The summed E-state index contributed by atoms with van der Waals surface area (Å²) in [6, 6.07) is 6.39. The number of carbonyl (C=O) groups excluding carboxylic acids is 1. The van der Waals surface area contributed by atoms with Crippen molar-refractivity contribution in [1.82, 2.24) is 10.0 Å². The largest absolute Gasteiger partial charge is 0.481 e. The van der Waals surface area contributed by atoms with Crippen molar-refractivity contribution in [2.75, 3.05) is 25.6 Å². The van der Waals surface area contributed by atoms with Crippen molar-refractivity contribution < 1.29 is 17.9 Å². The molecule has 8 heteroatoms. The van der Waals surface area contributed by atoms with E-state index in [1.807, 2.05) is 0 Å². The zero-order chi connectivity index (χ0) is 17.2. The van der Waals surface area contributed by atoms with E-state index in [4.69, 9.17) is 16.3 Å². The second kappa shape index (κ2) is 7.07. The maximum atomic E-state index is 12.7. The third kappa shape index (κ3) is 4.59. The van der Waals surface area contributed by atoms with Gasteiger partial charge in [0.2, 0.25) is 0 Å². The van der Waals surface area contributed by atoms with Gasteiger partial charge in [0, 0.05) is 19.1 Å². The molecule has 1 aliphatic rings. The monoisotopic (exact) mass is 360 g/mol. The Morgan fingerprint density at radius 2 is 1.91 bits per heavy atom. The fraction of sp³-hybridized carbons (Fsp3) is 0.533. The molecule has 0 radical (unpaired) electrons. The Hall–Kier alpha value is -1.31. The van der Waals surface area contributed by atoms with Gasteiger partial charge in [-0.15, -0.1) is 0 Å². The quantitative estimate of drug-likeness (QED) is 0.746. The summed E-state index contributed by atoms with van der Waals surface area (Å²) in [4.78, 5) is 12.7. The van der Waals surface area contributed by atoms with Crippen LogP contribution in [-0.4, -0.2) is 62.1 Å². The van der Waals surface area contributed by atoms with E-state index in [2.05, 4.69) is 0 Å². The second-order valence-corrected chi connectivity index (χ2v) is 8.47. The van der Waals surface area contributed by atoms with E-state index in [0.29, 0.717) is 17.2 Å². The minimum absolute atomic E-state index is 0.00934. The van der Waals surface area contributed by atoms with Crippen LogP contribution in [0.4, 0.5) is 0 Å². The molecule has 1 amide bonds. The molecule has 1 aliphatic heterocycles. The molecule has 0 bridgehead atoms. The maximum Gasteiger partial charge on any atom is 0.277 e. The number of hydrazine groups is 1. The maximum absolute atomic E-state index is 12.7. The Bertz CT molecular complexity index is 661. The summed E-state index contributed by atoms with van der Waals surface area (Å²) in [7, 11) is 0.367. The lowest BCUT2D eigenvalue weighted by Gasteiger charge is -2.35. The highest BCUT2D eigenvalue weighted by Gasteiger charge is 2.37. The number of hydrogen-bond donors (Lipinski definition) is 0. The van der Waals surface area contributed by atoms with E-state index in [0.717, 1.165) is 0 Å². The van der Waals surface area contributed by atoms with E-state index < -0.39 is 15.9 Å². The number of halogens is 1. The lowest BCUT2D eigenvalue weighted by atomic mass is 10.2. The Morgan fingerprint density at radius 3 is 2.39 bits per heavy atom. The van der Waals surface area contributed by atoms with E-state index in [1.165, 1.54) is 5.01 Å². The highest BCUT2D eigenvalue weighted by molar-refractivity contribution is 7.91. The molecule has 2 atom stereocenters. The molecular formula is C15H21ClN2O4S. The van der Waals surface area contributed by atoms with Crippen molar-refractivity contribution in [2.24, 2.45) is 0 Å². The molecule has 6 nitrogen and oxygen atoms in total. The summed E-state index contributed by atoms with van der Waals surface area (Å²) in [6.45, 7) is 1.65. The van der Waals surface area contributed by atoms with Crippen molar-refractivity contribution in [2.45, 2.75) is 25.5 Å². The van der Waals surface area contributed by atoms with Crippen LogP contribution in [0.3, 0.4) is 0 Å². The zero-order valence-corrected chi connectivity index (χ0v) is 15.0. The molecule has 0 saturated carbocycles. The highest BCUT2D eigenvalue weighted by atomic mass is 35.5. The molecule has 0 aromatic heterocycles. The first kappa shape index (κ1) is 18.0. The third-order valence-electron chi connectivity index (χ3n) is 3.69. The van der Waals surface area contributed by atoms with Crippen LogP contribution in [0, 0.1) is 0 Å². The van der Waals surface area contributed by atoms with E-state index in [1.54, 1.807) is 50.3 Å². The molecule has 1 aromatic rings. The number of nitrogens with zero attached hydrogens (tertiary/aromatic N) is 2. The molecule has 1 heterocycles. The van der Waals surface area contributed by atoms with Gasteiger partial charge in [-0.3, -0.25) is 9.80 Å². The summed E-state index contributed by atoms with van der Waals surface area (Å²) in [6.07, 6.45) is -0.290. The van der Waals surface area contributed by atoms with Crippen molar-refractivity contribution >= 4 is 27.3 Å². The van der Waals surface area contributed by atoms with Crippen molar-refractivity contribution in [1.29, 1.82) is 0 Å². The van der Waals surface area contributed by atoms with Crippen LogP contribution in [0.15, 0.2) is 24.3 Å². The molecule has 2 rings (SSSR count). The molecule has 1 aromatic carbocycles. The van der Waals surface area contributed by atoms with Gasteiger partial charge >= 0.3 is 0 Å². The topological polar surface area (TPSA) is 66.9 Å². The molecule has 1 fully saturated rings. The van der Waals surface area contributed by atoms with Crippen LogP contribution in [-0.2, 0) is 14.6 Å². The number of rotatable bonds is 5. The summed E-state index contributed by atoms with van der Waals surface area (Å²) in [5.74, 6) is 0.367. The first-order valence-electron chi connectivity index (χ1n) is 7.32. The van der Waals surface area contributed by atoms with Gasteiger partial charge in [0.25, 0.3) is 5.91 Å². The van der Waals surface area contributed by atoms with Crippen LogP contribution in [0.5, 0.6) is 5.75 Å². The van der Waals surface area contributed by atoms with Crippen LogP contribution in [0.1, 0.15) is 13.3 Å². The number of hydrogen-bond acceptors (Lipinski definition) is 5. The van der Waals surface area contributed by atoms with Gasteiger partial charge in [0.15, 0.2) is 15.9 Å². The minimum Gasteiger partial charge on any atom is -0.481 e. The predicted octanol–water partition coefficient (Wildman–Crippen LogP) is 1.60. The van der Waals surface area contributed by atoms with Gasteiger partial charge in [-0.2, -0.15) is 0 Å². The summed E-state index contributed by atoms with van der Waals surface area (Å²) >= 11 is 5.82. The van der Waals surface area contributed by atoms with Crippen LogP contribution < -0.4 is 4.74 Å². The molecule has 0 unspecified atom stereocenters. The Balaban J connectivity index is 2.09. The van der Waals surface area contributed by atoms with Crippen molar-refractivity contribution in [3.05, 3.63) is 29.3 Å². The van der Waals surface area contributed by atoms with Gasteiger partial charge in [-0.05, 0) is 37.6 Å². The van der Waals surface area contributed by atoms with Crippen molar-refractivity contribution in [3.8, 4) is 5.75 Å². The number of sulfone groups is 1. The number of amides is 1. The minimum atomic E-state index is -3.07. The third-order valence-corrected chi connectivity index (χ3v) is 5.69. The first-order valence-corrected chi connectivity index (χ1v) is 9.52. The molecule has 0 aliphatic carbocycles. The Labute approximate surface area is 141 Å². The lowest BCUT2D eigenvalue weighted by molar-refractivity contribution is -0.156. The average Bonchev–Trinajstić information content (AvgIpc) is 2.81. The number of carbonyl (C=O) groups is 1. The van der Waals surface area contributed by atoms with Gasteiger partial charge in [0.05, 0.1) is 17.5 Å². The van der Waals surface area contributed by atoms with Gasteiger partial charge in [-0.25, -0.2) is 13.4 Å². The van der Waals surface area contributed by atoms with Gasteiger partial charge < -0.3 is 4.74 Å². The molecule has 128 valence electrons. The smallest absolute Gasteiger partial charge is 0.277 e. The van der Waals surface area contributed by atoms with Gasteiger partial charge in [0.1, 0.15) is 5.75 Å². The summed E-state index contributed by atoms with van der Waals surface area (Å²) in [5.41, 5.74) is 0. The molecule has 1 saturated heterocycles. The first-order chi connectivity index (χ1) is 10.7. The lowest BCUT2D eigenvalue weighted by Crippen LogP contribution is -2.53. The fourth-order valence-electron chi connectivity index (χ4n) is 2.63. The summed E-state index contributed by atoms with van der Waals surface area (Å²) < 4.78 is 29.0. The average molecular weight is 361 g/mol. The number of benzene rings is 1. The molecular weight excluding hydrogens is 340 g/mol. The van der Waals surface area contributed by atoms with Crippen molar-refractivity contribution in [3.63, 3.8) is 0 Å². The second-order valence-electron chi connectivity index (χ2n) is 5.80. The van der Waals surface area contributed by atoms with E-state index in [-0.39, 0.29) is 23.5 Å². The molecule has 23 heavy (non-hydrogen) atoms. The van der Waals surface area contributed by atoms with E-state index in [9.17, 15) is 13.2 Å². The fourth-order valence-corrected chi connectivity index (χ4v) is 4.44. The SMILES string of the molecule is C[C@H](Oc1ccc(Cl)cc1)C(=O)N([C@@H]1CCS(=O)(=O)C1)N(C)C. The van der Waals surface area contributed by atoms with E-state index >= 15 is 0 Å². The van der Waals surface area contributed by atoms with Crippen LogP contribution in [0.2, 0.25) is 5.02 Å². The van der Waals surface area contributed by atoms with Gasteiger partial charge in [-0.1, -0.05) is 11.6 Å². The standard InChI is InChI=1S/C15H21ClN2O4S/c1-11(22-14-6-4-12(16)5-7-14)15(19)18(17(2)3)13-8-9-23(20,21)10-13/h4-7,11,13H,8-10H2,1-3H3/t11-,13+/m0/s1. The number of ether oxygens (including phenoxy) is 1.